The molecule has 2 heterocycles. The van der Waals surface area contributed by atoms with Gasteiger partial charge in [0, 0.05) is 37.7 Å². The molecule has 164 valence electrons. The fourth-order valence-corrected chi connectivity index (χ4v) is 4.72. The van der Waals surface area contributed by atoms with Gasteiger partial charge in [0.25, 0.3) is 0 Å². The van der Waals surface area contributed by atoms with Gasteiger partial charge in [0.2, 0.25) is 11.8 Å². The van der Waals surface area contributed by atoms with Gasteiger partial charge in [-0.15, -0.1) is 0 Å². The van der Waals surface area contributed by atoms with Crippen molar-refractivity contribution >= 4 is 17.5 Å². The molecule has 0 unspecified atom stereocenters. The van der Waals surface area contributed by atoms with Gasteiger partial charge in [-0.1, -0.05) is 30.3 Å². The van der Waals surface area contributed by atoms with Gasteiger partial charge in [-0.05, 0) is 67.9 Å². The second-order valence-electron chi connectivity index (χ2n) is 8.58. The number of hydrogen-bond donors (Lipinski definition) is 0. The number of amides is 2. The summed E-state index contributed by atoms with van der Waals surface area (Å²) in [5.74, 6) is 1.36. The summed E-state index contributed by atoms with van der Waals surface area (Å²) in [5, 5.41) is 0. The number of methoxy groups -OCH3 is 1. The lowest BCUT2D eigenvalue weighted by molar-refractivity contribution is -0.135. The molecule has 2 aliphatic rings. The maximum Gasteiger partial charge on any atom is 0.230 e. The van der Waals surface area contributed by atoms with E-state index in [-0.39, 0.29) is 17.7 Å². The first kappa shape index (κ1) is 21.4. The maximum atomic E-state index is 13.0. The van der Waals surface area contributed by atoms with Gasteiger partial charge >= 0.3 is 0 Å². The van der Waals surface area contributed by atoms with Crippen LogP contribution in [0.1, 0.15) is 43.2 Å². The van der Waals surface area contributed by atoms with Gasteiger partial charge in [-0.25, -0.2) is 0 Å². The van der Waals surface area contributed by atoms with Gasteiger partial charge in [-0.3, -0.25) is 9.59 Å². The number of para-hydroxylation sites is 1. The average Bonchev–Trinajstić information content (AvgIpc) is 3.26. The first-order valence-corrected chi connectivity index (χ1v) is 11.5. The Kier molecular flexibility index (Phi) is 6.90. The van der Waals surface area contributed by atoms with Crippen molar-refractivity contribution in [2.45, 2.75) is 44.9 Å². The minimum Gasteiger partial charge on any atom is -0.497 e. The Bertz CT molecular complexity index is 901. The number of anilines is 1. The summed E-state index contributed by atoms with van der Waals surface area (Å²) in [6, 6.07) is 16.3. The lowest BCUT2D eigenvalue weighted by atomic mass is 9.94. The molecule has 31 heavy (non-hydrogen) atoms. The lowest BCUT2D eigenvalue weighted by Crippen LogP contribution is -2.44. The van der Waals surface area contributed by atoms with E-state index >= 15 is 0 Å². The van der Waals surface area contributed by atoms with Gasteiger partial charge < -0.3 is 14.5 Å². The summed E-state index contributed by atoms with van der Waals surface area (Å²) >= 11 is 0. The monoisotopic (exact) mass is 420 g/mol. The highest BCUT2D eigenvalue weighted by molar-refractivity contribution is 5.97. The number of benzene rings is 2. The van der Waals surface area contributed by atoms with E-state index in [0.717, 1.165) is 56.5 Å². The van der Waals surface area contributed by atoms with E-state index in [1.54, 1.807) is 7.11 Å². The molecule has 1 saturated heterocycles. The summed E-state index contributed by atoms with van der Waals surface area (Å²) in [5.41, 5.74) is 3.61. The molecule has 2 aromatic carbocycles. The largest absolute Gasteiger partial charge is 0.497 e. The zero-order chi connectivity index (χ0) is 21.6. The summed E-state index contributed by atoms with van der Waals surface area (Å²) in [4.78, 5) is 29.6. The maximum absolute atomic E-state index is 13.0. The Morgan fingerprint density at radius 2 is 1.71 bits per heavy atom. The molecular weight excluding hydrogens is 388 g/mol. The Labute approximate surface area is 185 Å². The van der Waals surface area contributed by atoms with E-state index in [1.165, 1.54) is 11.1 Å². The summed E-state index contributed by atoms with van der Waals surface area (Å²) in [6.45, 7) is 2.18. The highest BCUT2D eigenvalue weighted by Gasteiger charge is 2.33. The van der Waals surface area contributed by atoms with E-state index in [4.69, 9.17) is 4.74 Å². The predicted molar refractivity (Wildman–Crippen MR) is 122 cm³/mol. The topological polar surface area (TPSA) is 49.9 Å². The third-order valence-corrected chi connectivity index (χ3v) is 6.62. The highest BCUT2D eigenvalue weighted by atomic mass is 16.5. The normalized spacial score (nSPS) is 16.3. The van der Waals surface area contributed by atoms with Gasteiger partial charge in [0.15, 0.2) is 0 Å². The third kappa shape index (κ3) is 5.09. The number of fused-ring (bicyclic) bond motifs is 1. The van der Waals surface area contributed by atoms with Crippen LogP contribution in [0.3, 0.4) is 0 Å². The number of piperidine rings is 1. The van der Waals surface area contributed by atoms with Crippen LogP contribution in [-0.4, -0.2) is 43.5 Å². The Balaban J connectivity index is 1.18. The summed E-state index contributed by atoms with van der Waals surface area (Å²) in [6.07, 6.45) is 5.95. The van der Waals surface area contributed by atoms with Crippen molar-refractivity contribution in [3.63, 3.8) is 0 Å². The first-order chi connectivity index (χ1) is 15.2. The van der Waals surface area contributed by atoms with Crippen molar-refractivity contribution in [1.29, 1.82) is 0 Å². The van der Waals surface area contributed by atoms with E-state index in [2.05, 4.69) is 18.2 Å². The van der Waals surface area contributed by atoms with Crippen LogP contribution in [0.5, 0.6) is 5.75 Å². The molecule has 0 aliphatic carbocycles. The Morgan fingerprint density at radius 1 is 0.968 bits per heavy atom. The second-order valence-corrected chi connectivity index (χ2v) is 8.58. The molecule has 1 fully saturated rings. The van der Waals surface area contributed by atoms with Crippen molar-refractivity contribution in [3.8, 4) is 5.75 Å². The van der Waals surface area contributed by atoms with Crippen molar-refractivity contribution < 1.29 is 14.3 Å². The van der Waals surface area contributed by atoms with Crippen LogP contribution in [0, 0.1) is 5.92 Å². The molecule has 0 spiro atoms. The number of rotatable bonds is 7. The average molecular weight is 421 g/mol. The minimum atomic E-state index is 0.0327. The van der Waals surface area contributed by atoms with Crippen LogP contribution in [0.2, 0.25) is 0 Å². The molecule has 0 aromatic heterocycles. The zero-order valence-electron chi connectivity index (χ0n) is 18.4. The van der Waals surface area contributed by atoms with Crippen LogP contribution in [-0.2, 0) is 22.4 Å². The smallest absolute Gasteiger partial charge is 0.230 e. The third-order valence-electron chi connectivity index (χ3n) is 6.62. The highest BCUT2D eigenvalue weighted by Crippen LogP contribution is 2.31. The second kappa shape index (κ2) is 9.99. The zero-order valence-corrected chi connectivity index (χ0v) is 18.4. The molecule has 5 nitrogen and oxygen atoms in total. The van der Waals surface area contributed by atoms with E-state index in [0.29, 0.717) is 19.5 Å². The SMILES string of the molecule is COc1ccc(CCCCC(=O)N2CCC(C(=O)N3CCc4ccccc43)CC2)cc1. The molecule has 2 aliphatic heterocycles. The molecule has 4 rings (SSSR count). The molecule has 0 saturated carbocycles. The van der Waals surface area contributed by atoms with Crippen molar-refractivity contribution in [2.75, 3.05) is 31.6 Å². The van der Waals surface area contributed by atoms with Gasteiger partial charge in [0.1, 0.15) is 5.75 Å². The van der Waals surface area contributed by atoms with Crippen LogP contribution in [0.4, 0.5) is 5.69 Å². The number of carbonyl (C=O) groups is 2. The number of hydrogen-bond acceptors (Lipinski definition) is 3. The van der Waals surface area contributed by atoms with E-state index < -0.39 is 0 Å². The molecule has 0 atom stereocenters. The number of ether oxygens (including phenoxy) is 1. The van der Waals surface area contributed by atoms with E-state index in [9.17, 15) is 9.59 Å². The van der Waals surface area contributed by atoms with Crippen molar-refractivity contribution in [2.24, 2.45) is 5.92 Å². The lowest BCUT2D eigenvalue weighted by Gasteiger charge is -2.33. The number of aryl methyl sites for hydroxylation is 1. The summed E-state index contributed by atoms with van der Waals surface area (Å²) in [7, 11) is 1.67. The molecule has 0 bridgehead atoms. The number of carbonyl (C=O) groups excluding carboxylic acids is 2. The van der Waals surface area contributed by atoms with Crippen LogP contribution >= 0.6 is 0 Å². The molecule has 2 aromatic rings. The molecule has 5 heteroatoms. The standard InChI is InChI=1S/C26H32N2O3/c1-31-23-12-10-20(11-13-23)6-2-5-9-25(29)27-17-14-22(15-18-27)26(30)28-19-16-21-7-3-4-8-24(21)28/h3-4,7-8,10-13,22H,2,5-6,9,14-19H2,1H3. The van der Waals surface area contributed by atoms with Crippen LogP contribution < -0.4 is 9.64 Å². The van der Waals surface area contributed by atoms with Gasteiger partial charge in [-0.2, -0.15) is 0 Å². The molecule has 0 N–H and O–H groups in total. The number of nitrogens with zero attached hydrogens (tertiary/aromatic N) is 2. The quantitative estimate of drug-likeness (QED) is 0.630. The fraction of sp³-hybridized carbons (Fsp3) is 0.462. The Hall–Kier alpha value is -2.82. The van der Waals surface area contributed by atoms with Crippen LogP contribution in [0.25, 0.3) is 0 Å². The van der Waals surface area contributed by atoms with Crippen molar-refractivity contribution in [3.05, 3.63) is 59.7 Å². The first-order valence-electron chi connectivity index (χ1n) is 11.5. The Morgan fingerprint density at radius 3 is 2.45 bits per heavy atom. The predicted octanol–water partition coefficient (Wildman–Crippen LogP) is 4.24. The molecule has 0 radical (unpaired) electrons. The van der Waals surface area contributed by atoms with Crippen LogP contribution in [0.15, 0.2) is 48.5 Å². The van der Waals surface area contributed by atoms with Crippen molar-refractivity contribution in [1.82, 2.24) is 4.90 Å². The molecule has 2 amide bonds. The number of likely N-dealkylation sites (tertiary alicyclic amines) is 1. The minimum absolute atomic E-state index is 0.0327. The fourth-order valence-electron chi connectivity index (χ4n) is 4.72. The number of unbranched alkanes of at least 4 members (excludes halogenated alkanes) is 1. The van der Waals surface area contributed by atoms with E-state index in [1.807, 2.05) is 40.1 Å². The molecular formula is C26H32N2O3. The van der Waals surface area contributed by atoms with Gasteiger partial charge in [0.05, 0.1) is 7.11 Å². The summed E-state index contributed by atoms with van der Waals surface area (Å²) < 4.78 is 5.19.